The summed E-state index contributed by atoms with van der Waals surface area (Å²) in [4.78, 5) is 16.0. The summed E-state index contributed by atoms with van der Waals surface area (Å²) in [5.74, 6) is 0.836. The second-order valence-electron chi connectivity index (χ2n) is 7.39. The van der Waals surface area contributed by atoms with Gasteiger partial charge in [0.15, 0.2) is 0 Å². The lowest BCUT2D eigenvalue weighted by Crippen LogP contribution is -2.51. The molecule has 1 amide bonds. The summed E-state index contributed by atoms with van der Waals surface area (Å²) in [5, 5.41) is 13.2. The van der Waals surface area contributed by atoms with Gasteiger partial charge in [-0.1, -0.05) is 42.5 Å². The molecule has 0 radical (unpaired) electrons. The zero-order valence-corrected chi connectivity index (χ0v) is 17.1. The smallest absolute Gasteiger partial charge is 0.234 e. The van der Waals surface area contributed by atoms with E-state index in [4.69, 9.17) is 4.74 Å². The normalized spacial score (nSPS) is 16.3. The molecule has 0 aromatic heterocycles. The van der Waals surface area contributed by atoms with E-state index in [1.54, 1.807) is 0 Å². The first-order chi connectivity index (χ1) is 14.1. The summed E-state index contributed by atoms with van der Waals surface area (Å²) in [6.07, 6.45) is -0.543. The minimum atomic E-state index is -0.543. The fraction of sp³-hybridized carbons (Fsp3) is 0.435. The minimum Gasteiger partial charge on any atom is -0.491 e. The highest BCUT2D eigenvalue weighted by molar-refractivity contribution is 5.77. The van der Waals surface area contributed by atoms with Crippen LogP contribution in [-0.4, -0.2) is 79.3 Å². The Hall–Kier alpha value is -2.41. The summed E-state index contributed by atoms with van der Waals surface area (Å²) in [5.41, 5.74) is 2.31. The number of carbonyl (C=O) groups is 1. The second-order valence-corrected chi connectivity index (χ2v) is 7.39. The molecule has 6 heteroatoms. The lowest BCUT2D eigenvalue weighted by atomic mass is 10.1. The molecule has 2 N–H and O–H groups in total. The molecule has 2 aromatic rings. The van der Waals surface area contributed by atoms with E-state index < -0.39 is 6.10 Å². The van der Waals surface area contributed by atoms with Crippen LogP contribution in [0.5, 0.6) is 5.75 Å². The van der Waals surface area contributed by atoms with Gasteiger partial charge in [-0.05, 0) is 30.2 Å². The van der Waals surface area contributed by atoms with E-state index in [0.29, 0.717) is 19.6 Å². The van der Waals surface area contributed by atoms with E-state index in [-0.39, 0.29) is 12.5 Å². The third-order valence-electron chi connectivity index (χ3n) is 5.08. The topological polar surface area (TPSA) is 65.0 Å². The van der Waals surface area contributed by atoms with Gasteiger partial charge in [-0.2, -0.15) is 0 Å². The van der Waals surface area contributed by atoms with Crippen LogP contribution in [0.3, 0.4) is 0 Å². The van der Waals surface area contributed by atoms with Crippen molar-refractivity contribution in [2.75, 3.05) is 52.4 Å². The number of amides is 1. The van der Waals surface area contributed by atoms with Crippen molar-refractivity contribution in [1.29, 1.82) is 0 Å². The molecule has 0 bridgehead atoms. The summed E-state index contributed by atoms with van der Waals surface area (Å²) >= 11 is 0. The zero-order valence-electron chi connectivity index (χ0n) is 17.1. The first-order valence-corrected chi connectivity index (χ1v) is 10.3. The van der Waals surface area contributed by atoms with E-state index in [1.165, 1.54) is 5.56 Å². The Balaban J connectivity index is 1.37. The molecule has 1 aliphatic heterocycles. The van der Waals surface area contributed by atoms with Crippen LogP contribution in [0.1, 0.15) is 6.92 Å². The SMILES string of the molecule is CCNC(=O)CN1CCN(CC(O)COc2ccc(-c3ccccc3)cc2)CC1. The highest BCUT2D eigenvalue weighted by atomic mass is 16.5. The third-order valence-corrected chi connectivity index (χ3v) is 5.08. The number of hydrogen-bond acceptors (Lipinski definition) is 5. The fourth-order valence-electron chi connectivity index (χ4n) is 3.50. The van der Waals surface area contributed by atoms with Crippen LogP contribution >= 0.6 is 0 Å². The highest BCUT2D eigenvalue weighted by Gasteiger charge is 2.20. The third kappa shape index (κ3) is 6.85. The van der Waals surface area contributed by atoms with Gasteiger partial charge in [0.1, 0.15) is 18.5 Å². The van der Waals surface area contributed by atoms with Crippen LogP contribution in [0.25, 0.3) is 11.1 Å². The van der Waals surface area contributed by atoms with E-state index in [9.17, 15) is 9.90 Å². The molecule has 1 unspecified atom stereocenters. The molecule has 156 valence electrons. The van der Waals surface area contributed by atoms with Crippen molar-refractivity contribution < 1.29 is 14.6 Å². The summed E-state index contributed by atoms with van der Waals surface area (Å²) in [6, 6.07) is 18.2. The van der Waals surface area contributed by atoms with Gasteiger partial charge >= 0.3 is 0 Å². The summed E-state index contributed by atoms with van der Waals surface area (Å²) in [6.45, 7) is 7.27. The van der Waals surface area contributed by atoms with Crippen LogP contribution in [0.2, 0.25) is 0 Å². The Morgan fingerprint density at radius 2 is 1.62 bits per heavy atom. The Labute approximate surface area is 173 Å². The molecule has 6 nitrogen and oxygen atoms in total. The van der Waals surface area contributed by atoms with Crippen molar-refractivity contribution in [1.82, 2.24) is 15.1 Å². The fourth-order valence-corrected chi connectivity index (χ4v) is 3.50. The molecular formula is C23H31N3O3. The van der Waals surface area contributed by atoms with E-state index in [0.717, 1.165) is 37.5 Å². The summed E-state index contributed by atoms with van der Waals surface area (Å²) < 4.78 is 5.76. The van der Waals surface area contributed by atoms with Crippen molar-refractivity contribution in [3.05, 3.63) is 54.6 Å². The monoisotopic (exact) mass is 397 g/mol. The number of nitrogens with one attached hydrogen (secondary N) is 1. The Bertz CT molecular complexity index is 744. The van der Waals surface area contributed by atoms with Gasteiger partial charge in [-0.15, -0.1) is 0 Å². The number of aliphatic hydroxyl groups is 1. The quantitative estimate of drug-likeness (QED) is 0.676. The molecule has 1 saturated heterocycles. The molecule has 0 aliphatic carbocycles. The Morgan fingerprint density at radius 1 is 1.00 bits per heavy atom. The maximum absolute atomic E-state index is 11.7. The van der Waals surface area contributed by atoms with Crippen LogP contribution in [0.4, 0.5) is 0 Å². The average molecular weight is 398 g/mol. The molecule has 1 fully saturated rings. The number of aliphatic hydroxyl groups excluding tert-OH is 1. The molecule has 0 spiro atoms. The zero-order chi connectivity index (χ0) is 20.5. The first-order valence-electron chi connectivity index (χ1n) is 10.3. The summed E-state index contributed by atoms with van der Waals surface area (Å²) in [7, 11) is 0. The highest BCUT2D eigenvalue weighted by Crippen LogP contribution is 2.22. The number of nitrogens with zero attached hydrogens (tertiary/aromatic N) is 2. The number of rotatable bonds is 9. The van der Waals surface area contributed by atoms with Gasteiger partial charge in [0.05, 0.1) is 6.54 Å². The van der Waals surface area contributed by atoms with Crippen molar-refractivity contribution in [3.8, 4) is 16.9 Å². The number of piperazine rings is 1. The molecule has 1 atom stereocenters. The molecule has 1 heterocycles. The molecule has 1 aliphatic rings. The standard InChI is InChI=1S/C23H31N3O3/c1-2-24-23(28)17-26-14-12-25(13-15-26)16-21(27)18-29-22-10-8-20(9-11-22)19-6-4-3-5-7-19/h3-11,21,27H,2,12-18H2,1H3,(H,24,28). The predicted octanol–water partition coefficient (Wildman–Crippen LogP) is 1.85. The molecule has 29 heavy (non-hydrogen) atoms. The predicted molar refractivity (Wildman–Crippen MR) is 115 cm³/mol. The number of hydrogen-bond donors (Lipinski definition) is 2. The first kappa shape index (κ1) is 21.3. The average Bonchev–Trinajstić information content (AvgIpc) is 2.75. The van der Waals surface area contributed by atoms with Crippen LogP contribution in [0, 0.1) is 0 Å². The van der Waals surface area contributed by atoms with Gasteiger partial charge in [-0.3, -0.25) is 14.6 Å². The Morgan fingerprint density at radius 3 is 2.28 bits per heavy atom. The van der Waals surface area contributed by atoms with Crippen molar-refractivity contribution in [2.45, 2.75) is 13.0 Å². The number of benzene rings is 2. The second kappa shape index (κ2) is 11.0. The Kier molecular flexibility index (Phi) is 8.04. The number of likely N-dealkylation sites (N-methyl/N-ethyl adjacent to an activating group) is 1. The maximum atomic E-state index is 11.7. The lowest BCUT2D eigenvalue weighted by Gasteiger charge is -2.35. The van der Waals surface area contributed by atoms with E-state index in [2.05, 4.69) is 27.2 Å². The number of ether oxygens (including phenoxy) is 1. The maximum Gasteiger partial charge on any atom is 0.234 e. The molecular weight excluding hydrogens is 366 g/mol. The van der Waals surface area contributed by atoms with Crippen molar-refractivity contribution >= 4 is 5.91 Å². The van der Waals surface area contributed by atoms with Gasteiger partial charge in [0, 0.05) is 39.3 Å². The van der Waals surface area contributed by atoms with Crippen molar-refractivity contribution in [3.63, 3.8) is 0 Å². The number of carbonyl (C=O) groups excluding carboxylic acids is 1. The molecule has 0 saturated carbocycles. The molecule has 2 aromatic carbocycles. The minimum absolute atomic E-state index is 0.0765. The molecule has 3 rings (SSSR count). The van der Waals surface area contributed by atoms with E-state index >= 15 is 0 Å². The van der Waals surface area contributed by atoms with Crippen LogP contribution in [0.15, 0.2) is 54.6 Å². The largest absolute Gasteiger partial charge is 0.491 e. The van der Waals surface area contributed by atoms with Crippen LogP contribution < -0.4 is 10.1 Å². The van der Waals surface area contributed by atoms with Gasteiger partial charge < -0.3 is 15.2 Å². The van der Waals surface area contributed by atoms with Gasteiger partial charge in [-0.25, -0.2) is 0 Å². The van der Waals surface area contributed by atoms with Crippen molar-refractivity contribution in [2.24, 2.45) is 0 Å². The van der Waals surface area contributed by atoms with Gasteiger partial charge in [0.25, 0.3) is 0 Å². The van der Waals surface area contributed by atoms with Crippen LogP contribution in [-0.2, 0) is 4.79 Å². The number of β-amino-alcohol motifs (C(OH)–C–C–N with tert-alkyl or cyclic N) is 1. The lowest BCUT2D eigenvalue weighted by molar-refractivity contribution is -0.122. The van der Waals surface area contributed by atoms with E-state index in [1.807, 2.05) is 49.4 Å². The van der Waals surface area contributed by atoms with Gasteiger partial charge in [0.2, 0.25) is 5.91 Å².